The molecular formula is C12H8BrCl2FN2. The third-order valence-electron chi connectivity index (χ3n) is 2.29. The number of nitrogens with two attached hydrogens (primary N) is 1. The molecule has 2 aromatic carbocycles. The van der Waals surface area contributed by atoms with Gasteiger partial charge in [-0.1, -0.05) is 23.2 Å². The number of anilines is 3. The Balaban J connectivity index is 2.37. The molecule has 0 unspecified atom stereocenters. The van der Waals surface area contributed by atoms with Crippen molar-refractivity contribution in [3.8, 4) is 0 Å². The van der Waals surface area contributed by atoms with Crippen molar-refractivity contribution in [2.75, 3.05) is 11.1 Å². The van der Waals surface area contributed by atoms with E-state index in [9.17, 15) is 4.39 Å². The Morgan fingerprint density at radius 3 is 2.50 bits per heavy atom. The third kappa shape index (κ3) is 2.88. The zero-order valence-electron chi connectivity index (χ0n) is 8.98. The van der Waals surface area contributed by atoms with Crippen molar-refractivity contribution in [1.82, 2.24) is 0 Å². The van der Waals surface area contributed by atoms with E-state index in [1.165, 1.54) is 12.1 Å². The van der Waals surface area contributed by atoms with Crippen LogP contribution < -0.4 is 11.1 Å². The Morgan fingerprint density at radius 1 is 1.11 bits per heavy atom. The first-order chi connectivity index (χ1) is 8.47. The standard InChI is InChI=1S/C12H8BrCl2FN2/c13-7-3-6(14)1-2-11(7)18-12-5-9(16)8(15)4-10(12)17/h1-5,18H,17H2. The lowest BCUT2D eigenvalue weighted by Gasteiger charge is -2.12. The summed E-state index contributed by atoms with van der Waals surface area (Å²) in [6.07, 6.45) is 0. The highest BCUT2D eigenvalue weighted by atomic mass is 79.9. The summed E-state index contributed by atoms with van der Waals surface area (Å²) in [6, 6.07) is 7.82. The minimum absolute atomic E-state index is 0.00628. The Hall–Kier alpha value is -0.970. The zero-order chi connectivity index (χ0) is 13.3. The van der Waals surface area contributed by atoms with Crippen molar-refractivity contribution < 1.29 is 4.39 Å². The lowest BCUT2D eigenvalue weighted by molar-refractivity contribution is 0.629. The number of hydrogen-bond donors (Lipinski definition) is 2. The number of benzene rings is 2. The topological polar surface area (TPSA) is 38.0 Å². The molecule has 0 aliphatic carbocycles. The van der Waals surface area contributed by atoms with Gasteiger partial charge in [0.05, 0.1) is 22.1 Å². The van der Waals surface area contributed by atoms with Gasteiger partial charge in [-0.3, -0.25) is 0 Å². The summed E-state index contributed by atoms with van der Waals surface area (Å²) < 4.78 is 14.1. The van der Waals surface area contributed by atoms with E-state index in [1.54, 1.807) is 18.2 Å². The lowest BCUT2D eigenvalue weighted by Crippen LogP contribution is -1.98. The summed E-state index contributed by atoms with van der Waals surface area (Å²) in [6.45, 7) is 0. The van der Waals surface area contributed by atoms with Crippen LogP contribution in [-0.4, -0.2) is 0 Å². The molecule has 0 atom stereocenters. The van der Waals surface area contributed by atoms with Gasteiger partial charge in [-0.2, -0.15) is 0 Å². The molecule has 0 saturated heterocycles. The Labute approximate surface area is 122 Å². The van der Waals surface area contributed by atoms with Crippen molar-refractivity contribution in [3.63, 3.8) is 0 Å². The first-order valence-corrected chi connectivity index (χ1v) is 6.49. The second-order valence-electron chi connectivity index (χ2n) is 3.60. The minimum Gasteiger partial charge on any atom is -0.397 e. The third-order valence-corrected chi connectivity index (χ3v) is 3.47. The minimum atomic E-state index is -0.529. The Kier molecular flexibility index (Phi) is 4.00. The molecule has 2 aromatic rings. The van der Waals surface area contributed by atoms with Crippen molar-refractivity contribution in [2.45, 2.75) is 0 Å². The average molecular weight is 350 g/mol. The first-order valence-electron chi connectivity index (χ1n) is 4.94. The predicted molar refractivity (Wildman–Crippen MR) is 78.3 cm³/mol. The van der Waals surface area contributed by atoms with Crippen LogP contribution in [0.5, 0.6) is 0 Å². The van der Waals surface area contributed by atoms with E-state index in [0.29, 0.717) is 16.4 Å². The fourth-order valence-electron chi connectivity index (χ4n) is 1.41. The molecule has 0 aliphatic rings. The first kappa shape index (κ1) is 13.5. The molecule has 0 radical (unpaired) electrons. The van der Waals surface area contributed by atoms with Crippen molar-refractivity contribution >= 4 is 56.2 Å². The zero-order valence-corrected chi connectivity index (χ0v) is 12.1. The SMILES string of the molecule is Nc1cc(Cl)c(F)cc1Nc1ccc(Cl)cc1Br. The molecule has 0 spiro atoms. The van der Waals surface area contributed by atoms with E-state index >= 15 is 0 Å². The number of nitrogens with one attached hydrogen (secondary N) is 1. The van der Waals surface area contributed by atoms with Crippen LogP contribution in [0.4, 0.5) is 21.5 Å². The van der Waals surface area contributed by atoms with Gasteiger partial charge in [0.25, 0.3) is 0 Å². The number of halogens is 4. The average Bonchev–Trinajstić information content (AvgIpc) is 2.29. The molecule has 2 nitrogen and oxygen atoms in total. The van der Waals surface area contributed by atoms with Gasteiger partial charge in [-0.15, -0.1) is 0 Å². The van der Waals surface area contributed by atoms with Crippen LogP contribution in [-0.2, 0) is 0 Å². The summed E-state index contributed by atoms with van der Waals surface area (Å²) >= 11 is 14.8. The molecule has 0 saturated carbocycles. The molecule has 0 bridgehead atoms. The molecule has 3 N–H and O–H groups in total. The maximum absolute atomic E-state index is 13.4. The number of rotatable bonds is 2. The van der Waals surface area contributed by atoms with E-state index in [-0.39, 0.29) is 5.02 Å². The molecule has 0 aliphatic heterocycles. The van der Waals surface area contributed by atoms with Gasteiger partial charge in [-0.25, -0.2) is 4.39 Å². The van der Waals surface area contributed by atoms with Crippen LogP contribution in [0, 0.1) is 5.82 Å². The Morgan fingerprint density at radius 2 is 1.83 bits per heavy atom. The second-order valence-corrected chi connectivity index (χ2v) is 5.30. The lowest BCUT2D eigenvalue weighted by atomic mass is 10.2. The maximum Gasteiger partial charge on any atom is 0.144 e. The van der Waals surface area contributed by atoms with Gasteiger partial charge in [0, 0.05) is 15.6 Å². The van der Waals surface area contributed by atoms with Gasteiger partial charge < -0.3 is 11.1 Å². The van der Waals surface area contributed by atoms with Crippen LogP contribution >= 0.6 is 39.1 Å². The largest absolute Gasteiger partial charge is 0.397 e. The van der Waals surface area contributed by atoms with E-state index in [4.69, 9.17) is 28.9 Å². The molecule has 6 heteroatoms. The maximum atomic E-state index is 13.4. The molecule has 94 valence electrons. The van der Waals surface area contributed by atoms with Crippen LogP contribution in [0.3, 0.4) is 0 Å². The van der Waals surface area contributed by atoms with Gasteiger partial charge in [0.2, 0.25) is 0 Å². The van der Waals surface area contributed by atoms with Gasteiger partial charge in [0.1, 0.15) is 5.82 Å². The van der Waals surface area contributed by atoms with E-state index < -0.39 is 5.82 Å². The van der Waals surface area contributed by atoms with Crippen molar-refractivity contribution in [2.24, 2.45) is 0 Å². The summed E-state index contributed by atoms with van der Waals surface area (Å²) in [5.41, 5.74) is 7.30. The summed E-state index contributed by atoms with van der Waals surface area (Å²) in [4.78, 5) is 0. The molecule has 0 aromatic heterocycles. The predicted octanol–water partition coefficient (Wildman–Crippen LogP) is 5.22. The molecule has 0 fully saturated rings. The van der Waals surface area contributed by atoms with E-state index in [1.807, 2.05) is 0 Å². The smallest absolute Gasteiger partial charge is 0.144 e. The summed E-state index contributed by atoms with van der Waals surface area (Å²) in [5.74, 6) is -0.529. The van der Waals surface area contributed by atoms with Crippen LogP contribution in [0.2, 0.25) is 10.0 Å². The fraction of sp³-hybridized carbons (Fsp3) is 0. The highest BCUT2D eigenvalue weighted by Crippen LogP contribution is 2.32. The summed E-state index contributed by atoms with van der Waals surface area (Å²) in [7, 11) is 0. The molecule has 18 heavy (non-hydrogen) atoms. The monoisotopic (exact) mass is 348 g/mol. The van der Waals surface area contributed by atoms with Crippen molar-refractivity contribution in [3.05, 3.63) is 50.7 Å². The Bertz CT molecular complexity index is 605. The van der Waals surface area contributed by atoms with Crippen LogP contribution in [0.25, 0.3) is 0 Å². The highest BCUT2D eigenvalue weighted by molar-refractivity contribution is 9.10. The van der Waals surface area contributed by atoms with Crippen LogP contribution in [0.1, 0.15) is 0 Å². The van der Waals surface area contributed by atoms with E-state index in [2.05, 4.69) is 21.2 Å². The molecule has 0 amide bonds. The molecular weight excluding hydrogens is 342 g/mol. The summed E-state index contributed by atoms with van der Waals surface area (Å²) in [5, 5.41) is 3.60. The normalized spacial score (nSPS) is 10.4. The highest BCUT2D eigenvalue weighted by Gasteiger charge is 2.08. The van der Waals surface area contributed by atoms with Gasteiger partial charge >= 0.3 is 0 Å². The van der Waals surface area contributed by atoms with Crippen molar-refractivity contribution in [1.29, 1.82) is 0 Å². The molecule has 2 rings (SSSR count). The fourth-order valence-corrected chi connectivity index (χ4v) is 2.36. The van der Waals surface area contributed by atoms with Crippen LogP contribution in [0.15, 0.2) is 34.8 Å². The number of hydrogen-bond acceptors (Lipinski definition) is 2. The quantitative estimate of drug-likeness (QED) is 0.729. The molecule has 0 heterocycles. The van der Waals surface area contributed by atoms with Gasteiger partial charge in [-0.05, 0) is 40.2 Å². The van der Waals surface area contributed by atoms with E-state index in [0.717, 1.165) is 10.2 Å². The van der Waals surface area contributed by atoms with Gasteiger partial charge in [0.15, 0.2) is 0 Å². The number of nitrogen functional groups attached to an aromatic ring is 1. The second kappa shape index (κ2) is 5.34.